The number of carbonyl (C=O) groups excluding carboxylic acids is 1. The minimum atomic E-state index is 0.131. The molecule has 1 aromatic heterocycles. The molecule has 1 aromatic carbocycles. The first kappa shape index (κ1) is 11.5. The van der Waals surface area contributed by atoms with Crippen LogP contribution in [0.5, 0.6) is 0 Å². The highest BCUT2D eigenvalue weighted by Crippen LogP contribution is 2.25. The number of hydrogen-bond donors (Lipinski definition) is 2. The van der Waals surface area contributed by atoms with Crippen LogP contribution in [0.25, 0.3) is 10.2 Å². The Kier molecular flexibility index (Phi) is 3.15. The van der Waals surface area contributed by atoms with Gasteiger partial charge in [0.1, 0.15) is 0 Å². The molecule has 4 nitrogen and oxygen atoms in total. The van der Waals surface area contributed by atoms with E-state index in [2.05, 4.69) is 21.7 Å². The lowest BCUT2D eigenvalue weighted by Crippen LogP contribution is -2.27. The maximum atomic E-state index is 11.5. The van der Waals surface area contributed by atoms with Gasteiger partial charge >= 0.3 is 0 Å². The highest BCUT2D eigenvalue weighted by Gasteiger charge is 2.22. The number of para-hydroxylation sites is 1. The van der Waals surface area contributed by atoms with Crippen molar-refractivity contribution in [3.05, 3.63) is 24.3 Å². The van der Waals surface area contributed by atoms with Crippen LogP contribution in [0.3, 0.4) is 0 Å². The average Bonchev–Trinajstić information content (AvgIpc) is 3.07. The highest BCUT2D eigenvalue weighted by molar-refractivity contribution is 7.22. The van der Waals surface area contributed by atoms with Gasteiger partial charge in [-0.3, -0.25) is 4.79 Å². The topological polar surface area (TPSA) is 54.0 Å². The second-order valence-electron chi connectivity index (χ2n) is 4.51. The van der Waals surface area contributed by atoms with Crippen molar-refractivity contribution in [1.29, 1.82) is 0 Å². The van der Waals surface area contributed by atoms with Gasteiger partial charge < -0.3 is 10.6 Å². The van der Waals surface area contributed by atoms with Gasteiger partial charge in [0, 0.05) is 19.0 Å². The van der Waals surface area contributed by atoms with Crippen LogP contribution < -0.4 is 10.6 Å². The van der Waals surface area contributed by atoms with Gasteiger partial charge in [-0.2, -0.15) is 0 Å². The van der Waals surface area contributed by atoms with Crippen LogP contribution in [-0.2, 0) is 4.79 Å². The largest absolute Gasteiger partial charge is 0.361 e. The zero-order valence-corrected chi connectivity index (χ0v) is 10.8. The number of anilines is 1. The molecule has 2 N–H and O–H groups in total. The van der Waals surface area contributed by atoms with Crippen molar-refractivity contribution in [2.24, 2.45) is 0 Å². The van der Waals surface area contributed by atoms with Crippen molar-refractivity contribution >= 4 is 32.6 Å². The minimum absolute atomic E-state index is 0.131. The van der Waals surface area contributed by atoms with Crippen LogP contribution in [0.1, 0.15) is 19.3 Å². The molecule has 1 aliphatic carbocycles. The fourth-order valence-corrected chi connectivity index (χ4v) is 2.65. The second kappa shape index (κ2) is 4.94. The lowest BCUT2D eigenvalue weighted by Gasteiger charge is -2.03. The Labute approximate surface area is 109 Å². The van der Waals surface area contributed by atoms with Crippen LogP contribution >= 0.6 is 11.3 Å². The fourth-order valence-electron chi connectivity index (χ4n) is 1.76. The first-order valence-corrected chi connectivity index (χ1v) is 7.02. The molecule has 1 fully saturated rings. The first-order valence-electron chi connectivity index (χ1n) is 6.20. The molecule has 18 heavy (non-hydrogen) atoms. The van der Waals surface area contributed by atoms with Gasteiger partial charge in [0.05, 0.1) is 10.2 Å². The predicted molar refractivity (Wildman–Crippen MR) is 73.9 cm³/mol. The molecule has 0 radical (unpaired) electrons. The summed E-state index contributed by atoms with van der Waals surface area (Å²) in [6.07, 6.45) is 2.78. The third-order valence-electron chi connectivity index (χ3n) is 2.86. The Balaban J connectivity index is 1.51. The summed E-state index contributed by atoms with van der Waals surface area (Å²) in [5.41, 5.74) is 1.01. The van der Waals surface area contributed by atoms with Crippen LogP contribution in [0.2, 0.25) is 0 Å². The molecular weight excluding hydrogens is 246 g/mol. The van der Waals surface area contributed by atoms with Crippen molar-refractivity contribution in [2.45, 2.75) is 25.3 Å². The van der Waals surface area contributed by atoms with Crippen molar-refractivity contribution < 1.29 is 4.79 Å². The average molecular weight is 261 g/mol. The molecule has 1 aliphatic rings. The number of rotatable bonds is 5. The third-order valence-corrected chi connectivity index (χ3v) is 3.86. The van der Waals surface area contributed by atoms with Crippen molar-refractivity contribution in [3.8, 4) is 0 Å². The summed E-state index contributed by atoms with van der Waals surface area (Å²) in [5, 5.41) is 7.06. The Morgan fingerprint density at radius 1 is 1.39 bits per heavy atom. The SMILES string of the molecule is O=C(CCNc1nc2ccccc2s1)NC1CC1. The van der Waals surface area contributed by atoms with Gasteiger partial charge in [-0.15, -0.1) is 0 Å². The maximum Gasteiger partial charge on any atom is 0.221 e. The van der Waals surface area contributed by atoms with Crippen LogP contribution in [0.15, 0.2) is 24.3 Å². The van der Waals surface area contributed by atoms with Gasteiger partial charge in [-0.05, 0) is 25.0 Å². The first-order chi connectivity index (χ1) is 8.81. The van der Waals surface area contributed by atoms with E-state index in [0.29, 0.717) is 19.0 Å². The summed E-state index contributed by atoms with van der Waals surface area (Å²) in [6, 6.07) is 8.48. The lowest BCUT2D eigenvalue weighted by molar-refractivity contribution is -0.120. The zero-order valence-electron chi connectivity index (χ0n) is 9.98. The summed E-state index contributed by atoms with van der Waals surface area (Å²) >= 11 is 1.62. The standard InChI is InChI=1S/C13H15N3OS/c17-12(15-9-5-6-9)7-8-14-13-16-10-3-1-2-4-11(10)18-13/h1-4,9H,5-8H2,(H,14,16)(H,15,17). The number of amides is 1. The number of carbonyl (C=O) groups is 1. The number of hydrogen-bond acceptors (Lipinski definition) is 4. The van der Waals surface area contributed by atoms with E-state index in [9.17, 15) is 4.79 Å². The molecule has 0 saturated heterocycles. The third kappa shape index (κ3) is 2.79. The number of thiazole rings is 1. The molecule has 1 saturated carbocycles. The number of nitrogens with one attached hydrogen (secondary N) is 2. The number of benzene rings is 1. The Hall–Kier alpha value is -1.62. The fraction of sp³-hybridized carbons (Fsp3) is 0.385. The molecule has 1 amide bonds. The Bertz CT molecular complexity index is 529. The van der Waals surface area contributed by atoms with Gasteiger partial charge in [0.2, 0.25) is 5.91 Å². The normalized spacial score (nSPS) is 14.7. The predicted octanol–water partition coefficient (Wildman–Crippen LogP) is 2.38. The smallest absolute Gasteiger partial charge is 0.221 e. The zero-order chi connectivity index (χ0) is 12.4. The van der Waals surface area contributed by atoms with E-state index >= 15 is 0 Å². The van der Waals surface area contributed by atoms with Crippen LogP contribution in [0.4, 0.5) is 5.13 Å². The highest BCUT2D eigenvalue weighted by atomic mass is 32.1. The molecule has 0 spiro atoms. The minimum Gasteiger partial charge on any atom is -0.361 e. The molecular formula is C13H15N3OS. The summed E-state index contributed by atoms with van der Waals surface area (Å²) in [7, 11) is 0. The molecule has 5 heteroatoms. The summed E-state index contributed by atoms with van der Waals surface area (Å²) in [4.78, 5) is 15.9. The molecule has 0 unspecified atom stereocenters. The number of aromatic nitrogens is 1. The Morgan fingerprint density at radius 3 is 3.00 bits per heavy atom. The Morgan fingerprint density at radius 2 is 2.22 bits per heavy atom. The number of nitrogens with zero attached hydrogens (tertiary/aromatic N) is 1. The van der Waals surface area contributed by atoms with Gasteiger partial charge in [-0.25, -0.2) is 4.98 Å². The lowest BCUT2D eigenvalue weighted by atomic mass is 10.3. The summed E-state index contributed by atoms with van der Waals surface area (Å²) in [5.74, 6) is 0.131. The van der Waals surface area contributed by atoms with E-state index in [1.807, 2.05) is 18.2 Å². The van der Waals surface area contributed by atoms with E-state index in [1.165, 1.54) is 4.70 Å². The van der Waals surface area contributed by atoms with Gasteiger partial charge in [0.25, 0.3) is 0 Å². The monoisotopic (exact) mass is 261 g/mol. The van der Waals surface area contributed by atoms with Crippen LogP contribution in [-0.4, -0.2) is 23.5 Å². The number of fused-ring (bicyclic) bond motifs is 1. The van der Waals surface area contributed by atoms with E-state index in [1.54, 1.807) is 11.3 Å². The van der Waals surface area contributed by atoms with Crippen molar-refractivity contribution in [2.75, 3.05) is 11.9 Å². The quantitative estimate of drug-likeness (QED) is 0.869. The maximum absolute atomic E-state index is 11.5. The summed E-state index contributed by atoms with van der Waals surface area (Å²) < 4.78 is 1.17. The molecule has 0 bridgehead atoms. The van der Waals surface area contributed by atoms with Gasteiger partial charge in [0.15, 0.2) is 5.13 Å². The van der Waals surface area contributed by atoms with E-state index in [-0.39, 0.29) is 5.91 Å². The second-order valence-corrected chi connectivity index (χ2v) is 5.54. The van der Waals surface area contributed by atoms with Crippen LogP contribution in [0, 0.1) is 0 Å². The van der Waals surface area contributed by atoms with Crippen molar-refractivity contribution in [1.82, 2.24) is 10.3 Å². The van der Waals surface area contributed by atoms with E-state index < -0.39 is 0 Å². The molecule has 94 valence electrons. The van der Waals surface area contributed by atoms with E-state index in [0.717, 1.165) is 23.5 Å². The molecule has 0 aliphatic heterocycles. The van der Waals surface area contributed by atoms with Gasteiger partial charge in [-0.1, -0.05) is 23.5 Å². The summed E-state index contributed by atoms with van der Waals surface area (Å²) in [6.45, 7) is 0.637. The van der Waals surface area contributed by atoms with E-state index in [4.69, 9.17) is 0 Å². The molecule has 3 rings (SSSR count). The molecule has 1 heterocycles. The molecule has 0 atom stereocenters. The molecule has 2 aromatic rings. The van der Waals surface area contributed by atoms with Crippen molar-refractivity contribution in [3.63, 3.8) is 0 Å².